The van der Waals surface area contributed by atoms with Crippen LogP contribution in [0.4, 0.5) is 5.00 Å². The van der Waals surface area contributed by atoms with E-state index in [-0.39, 0.29) is 12.5 Å². The SMILES string of the molecule is CCOC(=O)c1ccsc1NC(=O)[C@@H]1C[C@@H]1C(=O)O. The van der Waals surface area contributed by atoms with Gasteiger partial charge in [-0.2, -0.15) is 0 Å². The van der Waals surface area contributed by atoms with Crippen LogP contribution in [0.5, 0.6) is 0 Å². The Kier molecular flexibility index (Phi) is 3.84. The minimum Gasteiger partial charge on any atom is -0.481 e. The number of nitrogens with one attached hydrogen (secondary N) is 1. The highest BCUT2D eigenvalue weighted by Crippen LogP contribution is 2.40. The van der Waals surface area contributed by atoms with Crippen molar-refractivity contribution in [1.29, 1.82) is 0 Å². The number of thiophene rings is 1. The summed E-state index contributed by atoms with van der Waals surface area (Å²) in [5, 5.41) is 13.4. The molecule has 6 nitrogen and oxygen atoms in total. The molecule has 0 aromatic carbocycles. The van der Waals surface area contributed by atoms with E-state index in [1.54, 1.807) is 18.4 Å². The Morgan fingerprint density at radius 1 is 1.47 bits per heavy atom. The topological polar surface area (TPSA) is 92.7 Å². The summed E-state index contributed by atoms with van der Waals surface area (Å²) in [4.78, 5) is 34.1. The van der Waals surface area contributed by atoms with Crippen molar-refractivity contribution in [3.05, 3.63) is 17.0 Å². The molecule has 102 valence electrons. The molecule has 0 radical (unpaired) electrons. The predicted octanol–water partition coefficient (Wildman–Crippen LogP) is 1.58. The number of anilines is 1. The van der Waals surface area contributed by atoms with Crippen molar-refractivity contribution in [2.45, 2.75) is 13.3 Å². The van der Waals surface area contributed by atoms with Crippen LogP contribution in [0.2, 0.25) is 0 Å². The first kappa shape index (κ1) is 13.5. The quantitative estimate of drug-likeness (QED) is 0.800. The average Bonchev–Trinajstić information content (AvgIpc) is 3.04. The zero-order valence-corrected chi connectivity index (χ0v) is 11.0. The zero-order valence-electron chi connectivity index (χ0n) is 10.2. The van der Waals surface area contributed by atoms with Gasteiger partial charge in [0, 0.05) is 0 Å². The van der Waals surface area contributed by atoms with Gasteiger partial charge in [0.25, 0.3) is 0 Å². The molecule has 1 aromatic rings. The third kappa shape index (κ3) is 2.93. The number of rotatable bonds is 5. The number of ether oxygens (including phenoxy) is 1. The highest BCUT2D eigenvalue weighted by atomic mass is 32.1. The van der Waals surface area contributed by atoms with Gasteiger partial charge >= 0.3 is 11.9 Å². The van der Waals surface area contributed by atoms with Crippen LogP contribution in [0.3, 0.4) is 0 Å². The van der Waals surface area contributed by atoms with Crippen LogP contribution in [-0.4, -0.2) is 29.6 Å². The largest absolute Gasteiger partial charge is 0.481 e. The van der Waals surface area contributed by atoms with E-state index in [1.165, 1.54) is 11.3 Å². The van der Waals surface area contributed by atoms with E-state index in [9.17, 15) is 14.4 Å². The van der Waals surface area contributed by atoms with Crippen LogP contribution < -0.4 is 5.32 Å². The molecular weight excluding hydrogens is 270 g/mol. The third-order valence-corrected chi connectivity index (χ3v) is 3.67. The van der Waals surface area contributed by atoms with E-state index in [2.05, 4.69) is 5.32 Å². The van der Waals surface area contributed by atoms with E-state index in [4.69, 9.17) is 9.84 Å². The number of carbonyl (C=O) groups excluding carboxylic acids is 2. The van der Waals surface area contributed by atoms with Gasteiger partial charge in [0.15, 0.2) is 0 Å². The van der Waals surface area contributed by atoms with Crippen LogP contribution in [0.1, 0.15) is 23.7 Å². The number of hydrogen-bond donors (Lipinski definition) is 2. The molecule has 2 rings (SSSR count). The second-order valence-electron chi connectivity index (χ2n) is 4.16. The van der Waals surface area contributed by atoms with Gasteiger partial charge in [0.05, 0.1) is 24.0 Å². The summed E-state index contributed by atoms with van der Waals surface area (Å²) in [5.74, 6) is -2.93. The van der Waals surface area contributed by atoms with Crippen molar-refractivity contribution in [3.63, 3.8) is 0 Å². The maximum atomic E-state index is 11.8. The van der Waals surface area contributed by atoms with Gasteiger partial charge in [-0.25, -0.2) is 4.79 Å². The molecule has 1 aliphatic rings. The molecule has 1 saturated carbocycles. The van der Waals surface area contributed by atoms with Crippen LogP contribution >= 0.6 is 11.3 Å². The van der Waals surface area contributed by atoms with Crippen molar-refractivity contribution in [2.24, 2.45) is 11.8 Å². The molecule has 1 aromatic heterocycles. The van der Waals surface area contributed by atoms with Crippen LogP contribution in [0.15, 0.2) is 11.4 Å². The standard InChI is InChI=1S/C12H13NO5S/c1-2-18-12(17)6-3-4-19-10(6)13-9(14)7-5-8(7)11(15)16/h3-4,7-8H,2,5H2,1H3,(H,13,14)(H,15,16)/t7-,8+/m1/s1. The van der Waals surface area contributed by atoms with Crippen molar-refractivity contribution in [3.8, 4) is 0 Å². The van der Waals surface area contributed by atoms with Crippen molar-refractivity contribution >= 4 is 34.2 Å². The number of amides is 1. The molecule has 0 saturated heterocycles. The molecule has 1 fully saturated rings. The fourth-order valence-electron chi connectivity index (χ4n) is 1.74. The summed E-state index contributed by atoms with van der Waals surface area (Å²) < 4.78 is 4.87. The summed E-state index contributed by atoms with van der Waals surface area (Å²) in [6, 6.07) is 1.57. The smallest absolute Gasteiger partial charge is 0.341 e. The first-order valence-corrected chi connectivity index (χ1v) is 6.70. The Morgan fingerprint density at radius 3 is 2.79 bits per heavy atom. The molecular formula is C12H13NO5S. The fraction of sp³-hybridized carbons (Fsp3) is 0.417. The Morgan fingerprint density at radius 2 is 2.21 bits per heavy atom. The van der Waals surface area contributed by atoms with E-state index >= 15 is 0 Å². The minimum absolute atomic E-state index is 0.256. The summed E-state index contributed by atoms with van der Waals surface area (Å²) in [7, 11) is 0. The Balaban J connectivity index is 2.00. The summed E-state index contributed by atoms with van der Waals surface area (Å²) >= 11 is 1.21. The maximum Gasteiger partial charge on any atom is 0.341 e. The normalized spacial score (nSPS) is 20.7. The molecule has 1 amide bonds. The second-order valence-corrected chi connectivity index (χ2v) is 5.08. The highest BCUT2D eigenvalue weighted by molar-refractivity contribution is 7.14. The molecule has 1 heterocycles. The lowest BCUT2D eigenvalue weighted by Gasteiger charge is -2.05. The lowest BCUT2D eigenvalue weighted by Crippen LogP contribution is -2.18. The van der Waals surface area contributed by atoms with Crippen LogP contribution in [-0.2, 0) is 14.3 Å². The van der Waals surface area contributed by atoms with Crippen molar-refractivity contribution in [2.75, 3.05) is 11.9 Å². The van der Waals surface area contributed by atoms with E-state index < -0.39 is 23.8 Å². The Labute approximate surface area is 113 Å². The van der Waals surface area contributed by atoms with Gasteiger partial charge in [-0.15, -0.1) is 11.3 Å². The van der Waals surface area contributed by atoms with Gasteiger partial charge in [0.2, 0.25) is 5.91 Å². The van der Waals surface area contributed by atoms with E-state index in [0.717, 1.165) is 0 Å². The van der Waals surface area contributed by atoms with Crippen LogP contribution in [0.25, 0.3) is 0 Å². The third-order valence-electron chi connectivity index (χ3n) is 2.84. The first-order chi connectivity index (χ1) is 9.04. The van der Waals surface area contributed by atoms with Gasteiger partial charge in [-0.3, -0.25) is 9.59 Å². The molecule has 1 aliphatic carbocycles. The van der Waals surface area contributed by atoms with Crippen LogP contribution in [0, 0.1) is 11.8 Å². The molecule has 0 bridgehead atoms. The Bertz CT molecular complexity index is 524. The predicted molar refractivity (Wildman–Crippen MR) is 68.1 cm³/mol. The van der Waals surface area contributed by atoms with Gasteiger partial charge in [-0.05, 0) is 24.8 Å². The number of esters is 1. The molecule has 2 atom stereocenters. The Hall–Kier alpha value is -1.89. The fourth-order valence-corrected chi connectivity index (χ4v) is 2.52. The summed E-state index contributed by atoms with van der Waals surface area (Å²) in [5.41, 5.74) is 0.299. The zero-order chi connectivity index (χ0) is 14.0. The van der Waals surface area contributed by atoms with Crippen molar-refractivity contribution < 1.29 is 24.2 Å². The van der Waals surface area contributed by atoms with E-state index in [1.807, 2.05) is 0 Å². The molecule has 19 heavy (non-hydrogen) atoms. The lowest BCUT2D eigenvalue weighted by molar-refractivity contribution is -0.139. The average molecular weight is 283 g/mol. The molecule has 7 heteroatoms. The summed E-state index contributed by atoms with van der Waals surface area (Å²) in [6.45, 7) is 1.95. The first-order valence-electron chi connectivity index (χ1n) is 5.82. The van der Waals surface area contributed by atoms with Crippen molar-refractivity contribution in [1.82, 2.24) is 0 Å². The monoisotopic (exact) mass is 283 g/mol. The molecule has 0 spiro atoms. The van der Waals surface area contributed by atoms with Gasteiger partial charge < -0.3 is 15.2 Å². The maximum absolute atomic E-state index is 11.8. The lowest BCUT2D eigenvalue weighted by atomic mass is 10.3. The minimum atomic E-state index is -0.961. The summed E-state index contributed by atoms with van der Waals surface area (Å²) in [6.07, 6.45) is 0.348. The second kappa shape index (κ2) is 5.40. The number of aliphatic carboxylic acids is 1. The van der Waals surface area contributed by atoms with E-state index in [0.29, 0.717) is 17.0 Å². The van der Waals surface area contributed by atoms with Gasteiger partial charge in [-0.1, -0.05) is 0 Å². The highest BCUT2D eigenvalue weighted by Gasteiger charge is 2.48. The number of carboxylic acid groups (broad SMARTS) is 1. The number of carbonyl (C=O) groups is 3. The van der Waals surface area contributed by atoms with Gasteiger partial charge in [0.1, 0.15) is 5.00 Å². The molecule has 0 unspecified atom stereocenters. The number of carboxylic acids is 1. The number of hydrogen-bond acceptors (Lipinski definition) is 5. The molecule has 0 aliphatic heterocycles. The molecule has 2 N–H and O–H groups in total.